The predicted molar refractivity (Wildman–Crippen MR) is 90.8 cm³/mol. The van der Waals surface area contributed by atoms with Crippen LogP contribution in [0.5, 0.6) is 5.75 Å². The van der Waals surface area contributed by atoms with Crippen LogP contribution in [0.15, 0.2) is 51.8 Å². The van der Waals surface area contributed by atoms with E-state index in [0.29, 0.717) is 5.92 Å². The largest absolute Gasteiger partial charge is 0.496 e. The van der Waals surface area contributed by atoms with Crippen molar-refractivity contribution in [1.29, 1.82) is 0 Å². The number of ether oxygens (including phenoxy) is 1. The Labute approximate surface area is 133 Å². The molecule has 20 heavy (non-hydrogen) atoms. The van der Waals surface area contributed by atoms with Gasteiger partial charge >= 0.3 is 0 Å². The van der Waals surface area contributed by atoms with Crippen molar-refractivity contribution in [1.82, 2.24) is 0 Å². The summed E-state index contributed by atoms with van der Waals surface area (Å²) in [6.45, 7) is 4.44. The summed E-state index contributed by atoms with van der Waals surface area (Å²) in [7, 11) is 1.69. The Morgan fingerprint density at radius 1 is 1.10 bits per heavy atom. The van der Waals surface area contributed by atoms with Crippen molar-refractivity contribution in [3.8, 4) is 5.75 Å². The maximum Gasteiger partial charge on any atom is 0.133 e. The minimum Gasteiger partial charge on any atom is -0.496 e. The molecule has 2 aromatic rings. The lowest BCUT2D eigenvalue weighted by Crippen LogP contribution is -1.88. The first-order valence-corrected chi connectivity index (χ1v) is 8.43. The van der Waals surface area contributed by atoms with Gasteiger partial charge in [-0.3, -0.25) is 0 Å². The van der Waals surface area contributed by atoms with Crippen molar-refractivity contribution in [3.05, 3.63) is 58.1 Å². The van der Waals surface area contributed by atoms with Crippen LogP contribution in [-0.2, 0) is 5.75 Å². The van der Waals surface area contributed by atoms with E-state index in [1.54, 1.807) is 7.11 Å². The number of thioether (sulfide) groups is 1. The van der Waals surface area contributed by atoms with Gasteiger partial charge in [0.2, 0.25) is 0 Å². The topological polar surface area (TPSA) is 9.23 Å². The van der Waals surface area contributed by atoms with E-state index in [0.717, 1.165) is 16.0 Å². The average molecular weight is 351 g/mol. The molecule has 0 saturated carbocycles. The van der Waals surface area contributed by atoms with Crippen molar-refractivity contribution >= 4 is 27.7 Å². The number of methoxy groups -OCH3 is 1. The van der Waals surface area contributed by atoms with Gasteiger partial charge < -0.3 is 4.74 Å². The van der Waals surface area contributed by atoms with Crippen LogP contribution in [0.25, 0.3) is 0 Å². The second kappa shape index (κ2) is 7.19. The summed E-state index contributed by atoms with van der Waals surface area (Å²) in [6.07, 6.45) is 0. The number of halogens is 1. The SMILES string of the molecule is COc1ccc(CSc2ccc(C(C)C)cc2)cc1Br. The van der Waals surface area contributed by atoms with E-state index in [-0.39, 0.29) is 0 Å². The van der Waals surface area contributed by atoms with E-state index in [1.807, 2.05) is 17.8 Å². The normalized spacial score (nSPS) is 10.8. The number of hydrogen-bond donors (Lipinski definition) is 0. The fourth-order valence-electron chi connectivity index (χ4n) is 1.92. The minimum atomic E-state index is 0.589. The average Bonchev–Trinajstić information content (AvgIpc) is 2.45. The van der Waals surface area contributed by atoms with Crippen molar-refractivity contribution in [2.75, 3.05) is 7.11 Å². The summed E-state index contributed by atoms with van der Waals surface area (Å²) in [4.78, 5) is 1.31. The molecule has 0 unspecified atom stereocenters. The van der Waals surface area contributed by atoms with Gasteiger partial charge in [0.1, 0.15) is 5.75 Å². The summed E-state index contributed by atoms with van der Waals surface area (Å²) in [5.74, 6) is 2.43. The fourth-order valence-corrected chi connectivity index (χ4v) is 3.34. The third-order valence-electron chi connectivity index (χ3n) is 3.17. The molecule has 0 bridgehead atoms. The summed E-state index contributed by atoms with van der Waals surface area (Å²) in [5, 5.41) is 0. The molecule has 0 amide bonds. The summed E-state index contributed by atoms with van der Waals surface area (Å²) >= 11 is 5.38. The molecule has 2 rings (SSSR count). The van der Waals surface area contributed by atoms with Crippen molar-refractivity contribution in [3.63, 3.8) is 0 Å². The van der Waals surface area contributed by atoms with Crippen LogP contribution in [0.3, 0.4) is 0 Å². The van der Waals surface area contributed by atoms with Crippen LogP contribution in [0, 0.1) is 0 Å². The fraction of sp³-hybridized carbons (Fsp3) is 0.294. The molecule has 0 fully saturated rings. The zero-order valence-corrected chi connectivity index (χ0v) is 14.4. The van der Waals surface area contributed by atoms with Crippen LogP contribution in [-0.4, -0.2) is 7.11 Å². The molecule has 2 aromatic carbocycles. The maximum atomic E-state index is 5.24. The lowest BCUT2D eigenvalue weighted by Gasteiger charge is -2.08. The van der Waals surface area contributed by atoms with E-state index in [9.17, 15) is 0 Å². The van der Waals surface area contributed by atoms with Crippen LogP contribution < -0.4 is 4.74 Å². The zero-order chi connectivity index (χ0) is 14.5. The highest BCUT2D eigenvalue weighted by Gasteiger charge is 2.03. The van der Waals surface area contributed by atoms with Crippen molar-refractivity contribution in [2.24, 2.45) is 0 Å². The Morgan fingerprint density at radius 3 is 2.35 bits per heavy atom. The Bertz CT molecular complexity index is 564. The Kier molecular flexibility index (Phi) is 5.55. The molecule has 0 aromatic heterocycles. The molecule has 3 heteroatoms. The van der Waals surface area contributed by atoms with Gasteiger partial charge in [-0.1, -0.05) is 32.0 Å². The summed E-state index contributed by atoms with van der Waals surface area (Å²) < 4.78 is 6.25. The molecule has 0 saturated heterocycles. The van der Waals surface area contributed by atoms with Gasteiger partial charge in [0.05, 0.1) is 11.6 Å². The third-order valence-corrected chi connectivity index (χ3v) is 4.87. The molecule has 0 spiro atoms. The molecule has 0 atom stereocenters. The highest BCUT2D eigenvalue weighted by Crippen LogP contribution is 2.29. The number of rotatable bonds is 5. The van der Waals surface area contributed by atoms with Gasteiger partial charge in [0.15, 0.2) is 0 Å². The second-order valence-corrected chi connectivity index (χ2v) is 6.88. The summed E-state index contributed by atoms with van der Waals surface area (Å²) in [5.41, 5.74) is 2.68. The predicted octanol–water partition coefficient (Wildman–Crippen LogP) is 5.87. The van der Waals surface area contributed by atoms with E-state index in [2.05, 4.69) is 66.2 Å². The van der Waals surface area contributed by atoms with Gasteiger partial charge in [-0.2, -0.15) is 0 Å². The van der Waals surface area contributed by atoms with Crippen LogP contribution >= 0.6 is 27.7 Å². The molecule has 0 aliphatic rings. The number of hydrogen-bond acceptors (Lipinski definition) is 2. The molecule has 0 aliphatic carbocycles. The first kappa shape index (κ1) is 15.5. The van der Waals surface area contributed by atoms with Crippen LogP contribution in [0.2, 0.25) is 0 Å². The smallest absolute Gasteiger partial charge is 0.133 e. The summed E-state index contributed by atoms with van der Waals surface area (Å²) in [6, 6.07) is 15.1. The lowest BCUT2D eigenvalue weighted by molar-refractivity contribution is 0.412. The van der Waals surface area contributed by atoms with Gasteiger partial charge in [-0.15, -0.1) is 11.8 Å². The molecule has 0 radical (unpaired) electrons. The van der Waals surface area contributed by atoms with E-state index in [4.69, 9.17) is 4.74 Å². The van der Waals surface area contributed by atoms with Gasteiger partial charge in [-0.25, -0.2) is 0 Å². The Balaban J connectivity index is 1.99. The van der Waals surface area contributed by atoms with Crippen molar-refractivity contribution in [2.45, 2.75) is 30.4 Å². The van der Waals surface area contributed by atoms with E-state index >= 15 is 0 Å². The molecular formula is C17H19BrOS. The zero-order valence-electron chi connectivity index (χ0n) is 12.0. The molecule has 0 aliphatic heterocycles. The first-order chi connectivity index (χ1) is 9.60. The van der Waals surface area contributed by atoms with E-state index < -0.39 is 0 Å². The standard InChI is InChI=1S/C17H19BrOS/c1-12(2)14-5-7-15(8-6-14)20-11-13-4-9-17(19-3)16(18)10-13/h4-10,12H,11H2,1-3H3. The highest BCUT2D eigenvalue weighted by atomic mass is 79.9. The first-order valence-electron chi connectivity index (χ1n) is 6.65. The Hall–Kier alpha value is -0.930. The van der Waals surface area contributed by atoms with Gasteiger partial charge in [-0.05, 0) is 57.2 Å². The van der Waals surface area contributed by atoms with Crippen LogP contribution in [0.1, 0.15) is 30.9 Å². The molecule has 0 N–H and O–H groups in total. The molecular weight excluding hydrogens is 332 g/mol. The quantitative estimate of drug-likeness (QED) is 0.623. The van der Waals surface area contributed by atoms with E-state index in [1.165, 1.54) is 16.0 Å². The molecule has 106 valence electrons. The van der Waals surface area contributed by atoms with Crippen LogP contribution in [0.4, 0.5) is 0 Å². The third kappa shape index (κ3) is 4.03. The number of benzene rings is 2. The highest BCUT2D eigenvalue weighted by molar-refractivity contribution is 9.10. The monoisotopic (exact) mass is 350 g/mol. The minimum absolute atomic E-state index is 0.589. The maximum absolute atomic E-state index is 5.24. The molecule has 1 nitrogen and oxygen atoms in total. The second-order valence-electron chi connectivity index (χ2n) is 4.98. The van der Waals surface area contributed by atoms with Gasteiger partial charge in [0.25, 0.3) is 0 Å². The van der Waals surface area contributed by atoms with Gasteiger partial charge in [0, 0.05) is 10.6 Å². The molecule has 0 heterocycles. The Morgan fingerprint density at radius 2 is 1.80 bits per heavy atom. The lowest BCUT2D eigenvalue weighted by atomic mass is 10.0. The van der Waals surface area contributed by atoms with Crippen molar-refractivity contribution < 1.29 is 4.74 Å².